The molecule has 0 spiro atoms. The number of carbonyl (C=O) groups is 1. The summed E-state index contributed by atoms with van der Waals surface area (Å²) in [5, 5.41) is 5.81. The molecule has 148 valence electrons. The molecule has 3 aromatic rings. The second-order valence-electron chi connectivity index (χ2n) is 7.08. The molecular weight excluding hydrogens is 367 g/mol. The van der Waals surface area contributed by atoms with Crippen LogP contribution in [0.25, 0.3) is 0 Å². The lowest BCUT2D eigenvalue weighted by atomic mass is 10.1. The minimum Gasteiger partial charge on any atom is -0.372 e. The summed E-state index contributed by atoms with van der Waals surface area (Å²) in [6, 6.07) is 17.6. The summed E-state index contributed by atoms with van der Waals surface area (Å²) in [6.07, 6.45) is 5.35. The number of pyridine rings is 1. The maximum Gasteiger partial charge on any atom is 0.255 e. The zero-order valence-corrected chi connectivity index (χ0v) is 16.1. The number of anilines is 4. The van der Waals surface area contributed by atoms with E-state index in [1.165, 1.54) is 37.1 Å². The molecule has 0 radical (unpaired) electrons. The Morgan fingerprint density at radius 3 is 2.48 bits per heavy atom. The van der Waals surface area contributed by atoms with E-state index < -0.39 is 5.82 Å². The highest BCUT2D eigenvalue weighted by molar-refractivity contribution is 6.04. The highest BCUT2D eigenvalue weighted by atomic mass is 19.1. The molecule has 1 aliphatic heterocycles. The number of aromatic nitrogens is 1. The summed E-state index contributed by atoms with van der Waals surface area (Å²) in [4.78, 5) is 19.1. The van der Waals surface area contributed by atoms with E-state index >= 15 is 0 Å². The Morgan fingerprint density at radius 1 is 0.966 bits per heavy atom. The molecule has 0 atom stereocenters. The largest absolute Gasteiger partial charge is 0.372 e. The molecule has 2 heterocycles. The van der Waals surface area contributed by atoms with E-state index in [9.17, 15) is 9.18 Å². The van der Waals surface area contributed by atoms with Crippen molar-refractivity contribution in [2.75, 3.05) is 28.6 Å². The van der Waals surface area contributed by atoms with Crippen LogP contribution < -0.4 is 15.5 Å². The predicted molar refractivity (Wildman–Crippen MR) is 114 cm³/mol. The van der Waals surface area contributed by atoms with Crippen LogP contribution in [0.5, 0.6) is 0 Å². The number of para-hydroxylation sites is 1. The quantitative estimate of drug-likeness (QED) is 0.628. The number of hydrogen-bond acceptors (Lipinski definition) is 4. The average molecular weight is 390 g/mol. The van der Waals surface area contributed by atoms with Crippen molar-refractivity contribution in [3.05, 3.63) is 78.2 Å². The Hall–Kier alpha value is -3.41. The molecular formula is C23H23FN4O. The average Bonchev–Trinajstić information content (AvgIpc) is 2.77. The zero-order valence-electron chi connectivity index (χ0n) is 16.1. The van der Waals surface area contributed by atoms with Gasteiger partial charge in [-0.2, -0.15) is 0 Å². The number of hydrogen-bond donors (Lipinski definition) is 2. The molecule has 1 saturated heterocycles. The molecule has 0 bridgehead atoms. The maximum atomic E-state index is 13.8. The molecule has 4 rings (SSSR count). The lowest BCUT2D eigenvalue weighted by Crippen LogP contribution is -2.29. The molecule has 2 aromatic carbocycles. The summed E-state index contributed by atoms with van der Waals surface area (Å²) in [7, 11) is 0. The number of nitrogens with zero attached hydrogens (tertiary/aromatic N) is 2. The number of carbonyl (C=O) groups excluding carboxylic acids is 1. The van der Waals surface area contributed by atoms with E-state index in [-0.39, 0.29) is 11.6 Å². The first-order valence-electron chi connectivity index (χ1n) is 9.83. The molecule has 0 aliphatic carbocycles. The zero-order chi connectivity index (χ0) is 20.1. The second-order valence-corrected chi connectivity index (χ2v) is 7.08. The molecule has 29 heavy (non-hydrogen) atoms. The molecule has 0 unspecified atom stereocenters. The monoisotopic (exact) mass is 390 g/mol. The van der Waals surface area contributed by atoms with Crippen LogP contribution >= 0.6 is 0 Å². The third-order valence-electron chi connectivity index (χ3n) is 5.01. The van der Waals surface area contributed by atoms with Crippen molar-refractivity contribution in [1.82, 2.24) is 4.98 Å². The van der Waals surface area contributed by atoms with Crippen LogP contribution in [-0.2, 0) is 0 Å². The summed E-state index contributed by atoms with van der Waals surface area (Å²) in [5.74, 6) is -0.306. The molecule has 5 nitrogen and oxygen atoms in total. The minimum atomic E-state index is -0.470. The van der Waals surface area contributed by atoms with Gasteiger partial charge in [0, 0.05) is 36.2 Å². The summed E-state index contributed by atoms with van der Waals surface area (Å²) in [6.45, 7) is 2.21. The van der Waals surface area contributed by atoms with E-state index in [1.54, 1.807) is 30.5 Å². The van der Waals surface area contributed by atoms with E-state index in [0.717, 1.165) is 18.8 Å². The van der Waals surface area contributed by atoms with Crippen molar-refractivity contribution in [2.45, 2.75) is 19.3 Å². The minimum absolute atomic E-state index is 0.150. The van der Waals surface area contributed by atoms with Crippen molar-refractivity contribution in [1.29, 1.82) is 0 Å². The molecule has 2 N–H and O–H groups in total. The predicted octanol–water partition coefficient (Wildman–Crippen LogP) is 5.21. The summed E-state index contributed by atoms with van der Waals surface area (Å²) in [5.41, 5.74) is 2.67. The first-order chi connectivity index (χ1) is 14.2. The van der Waals surface area contributed by atoms with Crippen molar-refractivity contribution in [2.24, 2.45) is 0 Å². The van der Waals surface area contributed by atoms with Crippen LogP contribution in [-0.4, -0.2) is 24.0 Å². The normalized spacial score (nSPS) is 13.8. The van der Waals surface area contributed by atoms with Crippen molar-refractivity contribution >= 4 is 28.8 Å². The second kappa shape index (κ2) is 8.73. The van der Waals surface area contributed by atoms with Gasteiger partial charge in [-0.05, 0) is 67.8 Å². The van der Waals surface area contributed by atoms with Gasteiger partial charge in [0.1, 0.15) is 11.6 Å². The van der Waals surface area contributed by atoms with E-state index in [2.05, 4.69) is 32.7 Å². The highest BCUT2D eigenvalue weighted by Gasteiger charge is 2.12. The van der Waals surface area contributed by atoms with Gasteiger partial charge in [-0.3, -0.25) is 4.79 Å². The summed E-state index contributed by atoms with van der Waals surface area (Å²) < 4.78 is 13.8. The fourth-order valence-corrected chi connectivity index (χ4v) is 3.45. The number of amides is 1. The van der Waals surface area contributed by atoms with Crippen LogP contribution in [0.15, 0.2) is 66.9 Å². The molecule has 0 saturated carbocycles. The fraction of sp³-hybridized carbons (Fsp3) is 0.217. The Kier molecular flexibility index (Phi) is 5.70. The summed E-state index contributed by atoms with van der Waals surface area (Å²) >= 11 is 0. The number of benzene rings is 2. The third-order valence-corrected chi connectivity index (χ3v) is 5.01. The van der Waals surface area contributed by atoms with Crippen molar-refractivity contribution < 1.29 is 9.18 Å². The Labute approximate surface area is 169 Å². The van der Waals surface area contributed by atoms with E-state index in [0.29, 0.717) is 11.4 Å². The van der Waals surface area contributed by atoms with Gasteiger partial charge < -0.3 is 15.5 Å². The number of piperidine rings is 1. The van der Waals surface area contributed by atoms with Crippen LogP contribution in [0.4, 0.5) is 27.3 Å². The van der Waals surface area contributed by atoms with Gasteiger partial charge in [-0.25, -0.2) is 9.37 Å². The lowest BCUT2D eigenvalue weighted by Gasteiger charge is -2.28. The fourth-order valence-electron chi connectivity index (χ4n) is 3.45. The lowest BCUT2D eigenvalue weighted by molar-refractivity contribution is 0.102. The van der Waals surface area contributed by atoms with Gasteiger partial charge in [-0.15, -0.1) is 0 Å². The third kappa shape index (κ3) is 4.71. The van der Waals surface area contributed by atoms with Gasteiger partial charge in [-0.1, -0.05) is 12.1 Å². The maximum absolute atomic E-state index is 13.8. The van der Waals surface area contributed by atoms with Crippen LogP contribution in [0.3, 0.4) is 0 Å². The molecule has 1 aromatic heterocycles. The molecule has 1 amide bonds. The standard InChI is InChI=1S/C23H23FN4O/c24-20-6-2-3-7-21(20)27-23(29)17-12-13-25-22(16-17)26-18-8-10-19(11-9-18)28-14-4-1-5-15-28/h2-3,6-13,16H,1,4-5,14-15H2,(H,25,26)(H,27,29). The van der Waals surface area contributed by atoms with Gasteiger partial charge in [0.2, 0.25) is 0 Å². The van der Waals surface area contributed by atoms with Crippen LogP contribution in [0.2, 0.25) is 0 Å². The van der Waals surface area contributed by atoms with Gasteiger partial charge in [0.15, 0.2) is 0 Å². The van der Waals surface area contributed by atoms with Crippen LogP contribution in [0, 0.1) is 5.82 Å². The molecule has 1 aliphatic rings. The Morgan fingerprint density at radius 2 is 1.72 bits per heavy atom. The van der Waals surface area contributed by atoms with E-state index in [4.69, 9.17) is 0 Å². The van der Waals surface area contributed by atoms with Gasteiger partial charge in [0.05, 0.1) is 5.69 Å². The Bertz CT molecular complexity index is 984. The topological polar surface area (TPSA) is 57.3 Å². The molecule has 1 fully saturated rings. The van der Waals surface area contributed by atoms with Crippen LogP contribution in [0.1, 0.15) is 29.6 Å². The molecule has 6 heteroatoms. The highest BCUT2D eigenvalue weighted by Crippen LogP contribution is 2.23. The number of nitrogens with one attached hydrogen (secondary N) is 2. The first kappa shape index (κ1) is 18.9. The van der Waals surface area contributed by atoms with E-state index in [1.807, 2.05) is 12.1 Å². The SMILES string of the molecule is O=C(Nc1ccccc1F)c1ccnc(Nc2ccc(N3CCCCC3)cc2)c1. The smallest absolute Gasteiger partial charge is 0.255 e. The van der Waals surface area contributed by atoms with Gasteiger partial charge >= 0.3 is 0 Å². The van der Waals surface area contributed by atoms with Gasteiger partial charge in [0.25, 0.3) is 5.91 Å². The first-order valence-corrected chi connectivity index (χ1v) is 9.83. The van der Waals surface area contributed by atoms with Crippen molar-refractivity contribution in [3.63, 3.8) is 0 Å². The Balaban J connectivity index is 1.43. The number of rotatable bonds is 5. The number of halogens is 1. The van der Waals surface area contributed by atoms with Crippen molar-refractivity contribution in [3.8, 4) is 0 Å².